The maximum absolute atomic E-state index is 12.3. The topological polar surface area (TPSA) is 315 Å². The number of carbonyl (C=O) groups is 1. The van der Waals surface area contributed by atoms with Crippen LogP contribution in [0.4, 0.5) is 11.4 Å². The number of fused-ring (bicyclic) bond motifs is 2. The van der Waals surface area contributed by atoms with E-state index in [0.717, 1.165) is 0 Å². The molecule has 2 unspecified atom stereocenters. The number of hydrogen-bond donors (Lipinski definition) is 6. The number of benzene rings is 2. The van der Waals surface area contributed by atoms with E-state index >= 15 is 0 Å². The molecule has 6 N–H and O–H groups in total. The van der Waals surface area contributed by atoms with Crippen molar-refractivity contribution in [1.82, 2.24) is 0 Å². The highest BCUT2D eigenvalue weighted by Gasteiger charge is 2.48. The molecule has 0 aromatic heterocycles. The highest BCUT2D eigenvalue weighted by molar-refractivity contribution is 7.86. The minimum atomic E-state index is -4.67. The molecular formula is C41H57N2O17S5+. The SMILES string of the molecule is CC1(CCCCS(=O)(=O)O)C(/C=C/C=C/C=C2/N(CCCCS(=O)(=O)O)c3ccc(S(=O)(=O)O)cc3C2(C)CCCCS(=O)(=O)O)=[N+](CCCCCC(=O)O)c2ccc(S(=O)(=O)O)cc21. The average Bonchev–Trinajstić information content (AvgIpc) is 3.54. The molecule has 2 aliphatic heterocycles. The molecule has 2 aromatic rings. The van der Waals surface area contributed by atoms with Crippen LogP contribution in [0.25, 0.3) is 0 Å². The molecule has 362 valence electrons. The molecule has 0 bridgehead atoms. The number of hydrogen-bond acceptors (Lipinski definition) is 12. The van der Waals surface area contributed by atoms with E-state index in [-0.39, 0.29) is 69.2 Å². The fourth-order valence-electron chi connectivity index (χ4n) is 8.55. The zero-order valence-electron chi connectivity index (χ0n) is 36.0. The van der Waals surface area contributed by atoms with Crippen molar-refractivity contribution in [2.45, 2.75) is 112 Å². The van der Waals surface area contributed by atoms with Gasteiger partial charge in [0.1, 0.15) is 6.54 Å². The van der Waals surface area contributed by atoms with Gasteiger partial charge in [0, 0.05) is 53.9 Å². The normalized spacial score (nSPS) is 20.1. The van der Waals surface area contributed by atoms with E-state index in [1.807, 2.05) is 16.4 Å². The van der Waals surface area contributed by atoms with Gasteiger partial charge in [-0.15, -0.1) is 0 Å². The summed E-state index contributed by atoms with van der Waals surface area (Å²) < 4.78 is 168. The van der Waals surface area contributed by atoms with Crippen molar-refractivity contribution >= 4 is 73.6 Å². The average molecular weight is 1010 g/mol. The lowest BCUT2D eigenvalue weighted by Gasteiger charge is -2.30. The zero-order valence-corrected chi connectivity index (χ0v) is 40.1. The quantitative estimate of drug-likeness (QED) is 0.0283. The predicted octanol–water partition coefficient (Wildman–Crippen LogP) is 5.74. The summed E-state index contributed by atoms with van der Waals surface area (Å²) in [7, 11) is -22.2. The standard InChI is InChI=1S/C41H56N2O17S5/c1-40(22-8-12-26-61(46,47)48)33-29-31(64(55,56)57)18-20-35(33)42(24-10-4-7-17-39(44)45)37(40)15-5-3-6-16-38-41(2,23-9-13-27-62(49,50)51)34-30-32(65(58,59)60)19-21-36(34)43(38)25-11-14-28-63(52,53)54/h3,5-6,15-16,18-21,29-30H,4,7-14,17,22-28H2,1-2H3,(H5-,44,45,46,47,48,49,50,51,52,53,54,55,56,57,58,59,60)/p+1. The molecule has 0 amide bonds. The van der Waals surface area contributed by atoms with Crippen LogP contribution < -0.4 is 4.90 Å². The first-order chi connectivity index (χ1) is 30.0. The van der Waals surface area contributed by atoms with Crippen LogP contribution in [-0.2, 0) is 66.2 Å². The molecular weight excluding hydrogens is 953 g/mol. The van der Waals surface area contributed by atoms with Gasteiger partial charge >= 0.3 is 5.97 Å². The number of rotatable bonds is 26. The van der Waals surface area contributed by atoms with E-state index in [1.165, 1.54) is 30.3 Å². The Morgan fingerprint density at radius 2 is 1.14 bits per heavy atom. The van der Waals surface area contributed by atoms with Crippen molar-refractivity contribution in [3.8, 4) is 0 Å². The number of nitrogens with zero attached hydrogens (tertiary/aromatic N) is 2. The van der Waals surface area contributed by atoms with E-state index in [1.54, 1.807) is 43.4 Å². The number of allylic oxidation sites excluding steroid dienone is 6. The van der Waals surface area contributed by atoms with E-state index < -0.39 is 89.5 Å². The maximum Gasteiger partial charge on any atom is 0.303 e. The first-order valence-electron chi connectivity index (χ1n) is 20.8. The fraction of sp³-hybridized carbons (Fsp3) is 0.512. The molecule has 24 heteroatoms. The minimum Gasteiger partial charge on any atom is -0.481 e. The molecule has 0 spiro atoms. The van der Waals surface area contributed by atoms with Gasteiger partial charge in [-0.25, -0.2) is 0 Å². The predicted molar refractivity (Wildman–Crippen MR) is 243 cm³/mol. The highest BCUT2D eigenvalue weighted by Crippen LogP contribution is 2.51. The molecule has 2 heterocycles. The van der Waals surface area contributed by atoms with Gasteiger partial charge in [-0.05, 0) is 107 Å². The second-order valence-corrected chi connectivity index (χ2v) is 24.2. The van der Waals surface area contributed by atoms with Crippen molar-refractivity contribution in [1.29, 1.82) is 0 Å². The molecule has 0 saturated heterocycles. The zero-order chi connectivity index (χ0) is 48.6. The van der Waals surface area contributed by atoms with Gasteiger partial charge in [0.25, 0.3) is 50.6 Å². The van der Waals surface area contributed by atoms with Crippen LogP contribution >= 0.6 is 0 Å². The van der Waals surface area contributed by atoms with Crippen LogP contribution in [0.5, 0.6) is 0 Å². The van der Waals surface area contributed by atoms with Gasteiger partial charge in [-0.3, -0.25) is 27.6 Å². The van der Waals surface area contributed by atoms with Gasteiger partial charge in [-0.1, -0.05) is 31.1 Å². The molecule has 2 aliphatic rings. The lowest BCUT2D eigenvalue weighted by Crippen LogP contribution is -2.31. The molecule has 4 rings (SSSR count). The summed E-state index contributed by atoms with van der Waals surface area (Å²) in [5.41, 5.74) is 1.39. The van der Waals surface area contributed by atoms with Crippen molar-refractivity contribution in [3.05, 3.63) is 83.6 Å². The van der Waals surface area contributed by atoms with E-state index in [4.69, 9.17) is 5.11 Å². The number of anilines is 1. The number of unbranched alkanes of at least 4 members (excludes halogenated alkanes) is 5. The Morgan fingerprint density at radius 1 is 0.615 bits per heavy atom. The van der Waals surface area contributed by atoms with Crippen LogP contribution in [0.2, 0.25) is 0 Å². The summed E-state index contributed by atoms with van der Waals surface area (Å²) in [6, 6.07) is 8.20. The van der Waals surface area contributed by atoms with Crippen molar-refractivity contribution in [3.63, 3.8) is 0 Å². The summed E-state index contributed by atoms with van der Waals surface area (Å²) in [5.74, 6) is -2.48. The van der Waals surface area contributed by atoms with Crippen LogP contribution in [0.15, 0.2) is 82.3 Å². The van der Waals surface area contributed by atoms with Crippen molar-refractivity contribution in [2.75, 3.05) is 35.2 Å². The van der Waals surface area contributed by atoms with Crippen LogP contribution in [0.3, 0.4) is 0 Å². The van der Waals surface area contributed by atoms with Crippen LogP contribution in [0.1, 0.15) is 102 Å². The van der Waals surface area contributed by atoms with Crippen LogP contribution in [-0.4, -0.2) is 117 Å². The molecule has 0 aliphatic carbocycles. The van der Waals surface area contributed by atoms with Gasteiger partial charge in [0.2, 0.25) is 5.69 Å². The third kappa shape index (κ3) is 15.1. The number of carboxylic acid groups (broad SMARTS) is 1. The molecule has 2 aromatic carbocycles. The summed E-state index contributed by atoms with van der Waals surface area (Å²) in [6.45, 7) is 4.21. The molecule has 0 fully saturated rings. The molecule has 0 saturated carbocycles. The number of aliphatic carboxylic acids is 1. The monoisotopic (exact) mass is 1010 g/mol. The van der Waals surface area contributed by atoms with Gasteiger partial charge in [0.15, 0.2) is 5.71 Å². The lowest BCUT2D eigenvalue weighted by atomic mass is 9.75. The summed E-state index contributed by atoms with van der Waals surface area (Å²) in [4.78, 5) is 12.3. The molecule has 0 radical (unpaired) electrons. The Bertz CT molecular complexity index is 2800. The van der Waals surface area contributed by atoms with Crippen LogP contribution in [0, 0.1) is 0 Å². The number of carboxylic acids is 1. The van der Waals surface area contributed by atoms with Gasteiger partial charge in [-0.2, -0.15) is 46.7 Å². The third-order valence-electron chi connectivity index (χ3n) is 11.7. The third-order valence-corrected chi connectivity index (χ3v) is 15.8. The summed E-state index contributed by atoms with van der Waals surface area (Å²) >= 11 is 0. The van der Waals surface area contributed by atoms with Gasteiger partial charge in [0.05, 0.1) is 32.5 Å². The largest absolute Gasteiger partial charge is 0.481 e. The van der Waals surface area contributed by atoms with E-state index in [0.29, 0.717) is 59.7 Å². The second-order valence-electron chi connectivity index (χ2n) is 16.6. The van der Waals surface area contributed by atoms with E-state index in [2.05, 4.69) is 0 Å². The summed E-state index contributed by atoms with van der Waals surface area (Å²) in [5, 5.41) is 9.15. The van der Waals surface area contributed by atoms with Crippen molar-refractivity contribution in [2.24, 2.45) is 0 Å². The Hall–Kier alpha value is -3.85. The van der Waals surface area contributed by atoms with Crippen molar-refractivity contribution < 1.29 is 79.3 Å². The maximum atomic E-state index is 12.3. The molecule has 2 atom stereocenters. The summed E-state index contributed by atoms with van der Waals surface area (Å²) in [6.07, 6.45) is 11.5. The highest BCUT2D eigenvalue weighted by atomic mass is 32.2. The van der Waals surface area contributed by atoms with Gasteiger partial charge < -0.3 is 10.0 Å². The first-order valence-corrected chi connectivity index (χ1v) is 28.5. The Labute approximate surface area is 381 Å². The molecule has 65 heavy (non-hydrogen) atoms. The fourth-order valence-corrected chi connectivity index (χ4v) is 11.3. The smallest absolute Gasteiger partial charge is 0.303 e. The Kier molecular flexibility index (Phi) is 17.7. The van der Waals surface area contributed by atoms with E-state index in [9.17, 15) is 69.6 Å². The Balaban J connectivity index is 1.83. The second kappa shape index (κ2) is 21.4. The Morgan fingerprint density at radius 3 is 1.68 bits per heavy atom. The lowest BCUT2D eigenvalue weighted by molar-refractivity contribution is -0.438. The first kappa shape index (κ1) is 53.8. The molecule has 19 nitrogen and oxygen atoms in total. The minimum absolute atomic E-state index is 0.0328.